The summed E-state index contributed by atoms with van der Waals surface area (Å²) in [6, 6.07) is 0.0263. The number of nitrogens with one attached hydrogen (secondary N) is 1. The molecule has 0 spiro atoms. The monoisotopic (exact) mass is 439 g/mol. The smallest absolute Gasteiger partial charge is 0.244 e. The van der Waals surface area contributed by atoms with Gasteiger partial charge < -0.3 is 20.6 Å². The van der Waals surface area contributed by atoms with E-state index in [0.717, 1.165) is 12.0 Å². The second-order valence-electron chi connectivity index (χ2n) is 7.87. The Bertz CT molecular complexity index is 783. The van der Waals surface area contributed by atoms with Gasteiger partial charge in [-0.05, 0) is 33.1 Å². The van der Waals surface area contributed by atoms with E-state index in [1.807, 2.05) is 56.4 Å². The Balaban J connectivity index is 2.79. The number of aliphatic hydroxyl groups is 3. The first-order chi connectivity index (χ1) is 15.4. The van der Waals surface area contributed by atoms with Gasteiger partial charge in [0.1, 0.15) is 0 Å². The summed E-state index contributed by atoms with van der Waals surface area (Å²) in [6.07, 6.45) is 26.4. The first-order valence-corrected chi connectivity index (χ1v) is 11.1. The quantitative estimate of drug-likeness (QED) is 0.459. The first-order valence-electron chi connectivity index (χ1n) is 11.1. The maximum Gasteiger partial charge on any atom is 0.244 e. The number of allylic oxidation sites excluding steroid dienone is 12. The highest BCUT2D eigenvalue weighted by molar-refractivity contribution is 5.87. The molecule has 5 heteroatoms. The minimum Gasteiger partial charge on any atom is -0.393 e. The molecule has 0 saturated carbocycles. The summed E-state index contributed by atoms with van der Waals surface area (Å²) in [5, 5.41) is 33.0. The molecule has 4 atom stereocenters. The second kappa shape index (κ2) is 16.9. The van der Waals surface area contributed by atoms with Crippen molar-refractivity contribution in [3.05, 3.63) is 96.7 Å². The summed E-state index contributed by atoms with van der Waals surface area (Å²) >= 11 is 0. The van der Waals surface area contributed by atoms with Crippen molar-refractivity contribution in [2.45, 2.75) is 63.9 Å². The van der Waals surface area contributed by atoms with Crippen LogP contribution in [0.25, 0.3) is 0 Å². The van der Waals surface area contributed by atoms with Gasteiger partial charge in [-0.3, -0.25) is 4.79 Å². The number of aliphatic hydroxyl groups excluding tert-OH is 3. The van der Waals surface area contributed by atoms with Gasteiger partial charge in [-0.25, -0.2) is 0 Å². The summed E-state index contributed by atoms with van der Waals surface area (Å²) in [5.74, 6) is -0.150. The zero-order valence-electron chi connectivity index (χ0n) is 19.0. The highest BCUT2D eigenvalue weighted by Gasteiger charge is 2.13. The second-order valence-corrected chi connectivity index (χ2v) is 7.87. The number of amides is 1. The van der Waals surface area contributed by atoms with Crippen molar-refractivity contribution in [2.24, 2.45) is 0 Å². The van der Waals surface area contributed by atoms with Gasteiger partial charge in [0.05, 0.1) is 18.3 Å². The predicted molar refractivity (Wildman–Crippen MR) is 132 cm³/mol. The third kappa shape index (κ3) is 15.1. The molecule has 0 aromatic rings. The minimum atomic E-state index is -0.792. The molecule has 1 amide bonds. The Morgan fingerprint density at radius 2 is 1.44 bits per heavy atom. The average molecular weight is 440 g/mol. The highest BCUT2D eigenvalue weighted by Crippen LogP contribution is 2.10. The van der Waals surface area contributed by atoms with Crippen molar-refractivity contribution in [1.82, 2.24) is 5.32 Å². The number of hydrogen-bond donors (Lipinski definition) is 4. The average Bonchev–Trinajstić information content (AvgIpc) is 2.72. The first kappa shape index (κ1) is 27.3. The van der Waals surface area contributed by atoms with Crippen molar-refractivity contribution in [2.75, 3.05) is 0 Å². The molecule has 0 bridgehead atoms. The van der Waals surface area contributed by atoms with E-state index in [9.17, 15) is 20.1 Å². The Morgan fingerprint density at radius 1 is 0.781 bits per heavy atom. The van der Waals surface area contributed by atoms with Crippen molar-refractivity contribution < 1.29 is 20.1 Å². The van der Waals surface area contributed by atoms with E-state index in [-0.39, 0.29) is 24.8 Å². The molecule has 0 aliphatic carbocycles. The molecule has 174 valence electrons. The third-order valence-corrected chi connectivity index (χ3v) is 4.58. The summed E-state index contributed by atoms with van der Waals surface area (Å²) < 4.78 is 0. The van der Waals surface area contributed by atoms with Crippen LogP contribution in [0.1, 0.15) is 39.5 Å². The Kier molecular flexibility index (Phi) is 14.4. The van der Waals surface area contributed by atoms with Crippen LogP contribution in [-0.2, 0) is 4.79 Å². The van der Waals surface area contributed by atoms with E-state index in [1.165, 1.54) is 6.08 Å². The van der Waals surface area contributed by atoms with Gasteiger partial charge in [0.2, 0.25) is 5.91 Å². The number of rotatable bonds is 0. The molecule has 1 rings (SSSR count). The molecule has 1 heterocycles. The normalized spacial score (nSPS) is 27.3. The van der Waals surface area contributed by atoms with Gasteiger partial charge in [0.25, 0.3) is 0 Å². The molecule has 5 nitrogen and oxygen atoms in total. The summed E-state index contributed by atoms with van der Waals surface area (Å²) in [5.41, 5.74) is 1.05. The van der Waals surface area contributed by atoms with Crippen LogP contribution in [0, 0.1) is 0 Å². The molecule has 0 saturated heterocycles. The van der Waals surface area contributed by atoms with Gasteiger partial charge >= 0.3 is 0 Å². The zero-order valence-corrected chi connectivity index (χ0v) is 19.0. The molecule has 1 aliphatic heterocycles. The Morgan fingerprint density at radius 3 is 2.22 bits per heavy atom. The van der Waals surface area contributed by atoms with E-state index in [0.29, 0.717) is 6.42 Å². The number of carbonyl (C=O) groups is 1. The fourth-order valence-corrected chi connectivity index (χ4v) is 2.89. The molecule has 0 aromatic heterocycles. The molecule has 0 aromatic carbocycles. The predicted octanol–water partition coefficient (Wildman–Crippen LogP) is 3.99. The molecule has 0 fully saturated rings. The highest BCUT2D eigenvalue weighted by atomic mass is 16.3. The maximum atomic E-state index is 11.9. The lowest BCUT2D eigenvalue weighted by Crippen LogP contribution is -2.30. The lowest BCUT2D eigenvalue weighted by atomic mass is 10.0. The fraction of sp³-hybridized carbons (Fsp3) is 0.370. The Hall–Kier alpha value is -2.73. The van der Waals surface area contributed by atoms with Gasteiger partial charge in [-0.15, -0.1) is 0 Å². The molecule has 1 aliphatic rings. The van der Waals surface area contributed by atoms with Gasteiger partial charge in [0.15, 0.2) is 0 Å². The van der Waals surface area contributed by atoms with E-state index >= 15 is 0 Å². The van der Waals surface area contributed by atoms with Crippen LogP contribution in [0.5, 0.6) is 0 Å². The molecular formula is C27H37NO4. The van der Waals surface area contributed by atoms with E-state index in [2.05, 4.69) is 5.32 Å². The number of hydrogen-bond acceptors (Lipinski definition) is 4. The molecule has 4 unspecified atom stereocenters. The van der Waals surface area contributed by atoms with Crippen molar-refractivity contribution in [1.29, 1.82) is 0 Å². The number of carbonyl (C=O) groups excluding carboxylic acids is 1. The van der Waals surface area contributed by atoms with Crippen LogP contribution in [-0.4, -0.2) is 45.6 Å². The lowest BCUT2D eigenvalue weighted by Gasteiger charge is -2.16. The van der Waals surface area contributed by atoms with Crippen LogP contribution in [0.15, 0.2) is 96.7 Å². The van der Waals surface area contributed by atoms with Crippen LogP contribution in [0.3, 0.4) is 0 Å². The summed E-state index contributed by atoms with van der Waals surface area (Å²) in [6.45, 7) is 3.93. The summed E-state index contributed by atoms with van der Waals surface area (Å²) in [7, 11) is 0. The fourth-order valence-electron chi connectivity index (χ4n) is 2.89. The summed E-state index contributed by atoms with van der Waals surface area (Å²) in [4.78, 5) is 11.9. The standard InChI is InChI=1S/C27H37NO4/c1-22-14-8-6-7-9-16-23(2)28-27(32)19-11-5-3-4-10-17-24(29)20-26(31)21-25(30)18-13-12-15-22/h3-15,18-19,23-26,29-31H,16-17,20-21H2,1-2H3,(H,28,32). The van der Waals surface area contributed by atoms with Crippen molar-refractivity contribution in [3.8, 4) is 0 Å². The van der Waals surface area contributed by atoms with Gasteiger partial charge in [-0.1, -0.05) is 90.6 Å². The van der Waals surface area contributed by atoms with Gasteiger partial charge in [-0.2, -0.15) is 0 Å². The van der Waals surface area contributed by atoms with Crippen molar-refractivity contribution in [3.63, 3.8) is 0 Å². The third-order valence-electron chi connectivity index (χ3n) is 4.58. The topological polar surface area (TPSA) is 89.8 Å². The minimum absolute atomic E-state index is 0.0263. The van der Waals surface area contributed by atoms with Gasteiger partial charge in [0, 0.05) is 18.5 Å². The Labute approximate surface area is 192 Å². The lowest BCUT2D eigenvalue weighted by molar-refractivity contribution is -0.117. The molecule has 4 N–H and O–H groups in total. The van der Waals surface area contributed by atoms with Crippen LogP contribution in [0.4, 0.5) is 0 Å². The van der Waals surface area contributed by atoms with E-state index in [1.54, 1.807) is 42.5 Å². The molecule has 0 radical (unpaired) electrons. The van der Waals surface area contributed by atoms with Crippen LogP contribution in [0.2, 0.25) is 0 Å². The molecule has 32 heavy (non-hydrogen) atoms. The van der Waals surface area contributed by atoms with E-state index in [4.69, 9.17) is 0 Å². The maximum absolute atomic E-state index is 11.9. The molecular weight excluding hydrogens is 402 g/mol. The van der Waals surface area contributed by atoms with Crippen LogP contribution < -0.4 is 5.32 Å². The largest absolute Gasteiger partial charge is 0.393 e. The van der Waals surface area contributed by atoms with Crippen LogP contribution >= 0.6 is 0 Å². The van der Waals surface area contributed by atoms with E-state index < -0.39 is 18.3 Å². The van der Waals surface area contributed by atoms with Crippen molar-refractivity contribution >= 4 is 5.91 Å². The SMILES string of the molecule is CC1=CC=CC=CCC(C)NC(=O)C=CC=CC=CCC(O)CC(O)CC(O)C=CC=C1. The zero-order chi connectivity index (χ0) is 23.6.